The van der Waals surface area contributed by atoms with Crippen molar-refractivity contribution in [3.05, 3.63) is 64.0 Å². The van der Waals surface area contributed by atoms with Crippen LogP contribution >= 0.6 is 0 Å². The van der Waals surface area contributed by atoms with Crippen LogP contribution in [0.2, 0.25) is 0 Å². The number of pyridine rings is 1. The van der Waals surface area contributed by atoms with E-state index < -0.39 is 59.3 Å². The number of aryl methyl sites for hydroxylation is 1. The quantitative estimate of drug-likeness (QED) is 0.278. The third kappa shape index (κ3) is 7.75. The van der Waals surface area contributed by atoms with Crippen LogP contribution in [0.3, 0.4) is 0 Å². The topological polar surface area (TPSA) is 85.8 Å². The molecule has 7 nitrogen and oxygen atoms in total. The summed E-state index contributed by atoms with van der Waals surface area (Å²) >= 11 is 0. The maximum absolute atomic E-state index is 13.8. The number of aromatic nitrogens is 5. The van der Waals surface area contributed by atoms with E-state index in [0.29, 0.717) is 37.1 Å². The van der Waals surface area contributed by atoms with Gasteiger partial charge in [-0.1, -0.05) is 24.4 Å². The van der Waals surface area contributed by atoms with Gasteiger partial charge in [0, 0.05) is 30.7 Å². The zero-order valence-corrected chi connectivity index (χ0v) is 23.3. The molecule has 0 amide bonds. The normalized spacial score (nSPS) is 16.7. The van der Waals surface area contributed by atoms with Gasteiger partial charge in [0.2, 0.25) is 0 Å². The van der Waals surface area contributed by atoms with Crippen LogP contribution in [0.25, 0.3) is 0 Å². The Labute approximate surface area is 241 Å². The predicted molar refractivity (Wildman–Crippen MR) is 137 cm³/mol. The summed E-state index contributed by atoms with van der Waals surface area (Å²) in [5, 5.41) is 11.6. The molecule has 0 bridgehead atoms. The van der Waals surface area contributed by atoms with E-state index in [1.807, 2.05) is 0 Å². The minimum atomic E-state index is -5.09. The SMILES string of the molecule is CC(N)CC1(c2ncc(C(F)(F)F)cc2CN(Cc2cc(C(F)(F)F)cc(C(F)(F)F)c2)c2nnn(C)n2)CCCCC1. The van der Waals surface area contributed by atoms with Crippen molar-refractivity contribution in [2.24, 2.45) is 12.8 Å². The molecule has 1 atom stereocenters. The molecule has 1 saturated carbocycles. The Bertz CT molecular complexity index is 1370. The third-order valence-corrected chi connectivity index (χ3v) is 7.48. The van der Waals surface area contributed by atoms with Crippen molar-refractivity contribution in [3.8, 4) is 0 Å². The molecule has 236 valence electrons. The van der Waals surface area contributed by atoms with Crippen molar-refractivity contribution < 1.29 is 39.5 Å². The predicted octanol–water partition coefficient (Wildman–Crippen LogP) is 6.81. The molecule has 1 aliphatic rings. The molecular formula is C27H30F9N7. The van der Waals surface area contributed by atoms with E-state index in [-0.39, 0.29) is 23.6 Å². The molecule has 43 heavy (non-hydrogen) atoms. The fourth-order valence-electron chi connectivity index (χ4n) is 5.78. The Morgan fingerprint density at radius 3 is 1.93 bits per heavy atom. The largest absolute Gasteiger partial charge is 0.417 e. The standard InChI is InChI=1S/C27H30F9N7/c1-16(37)12-24(6-4-3-5-7-24)22-18(10-21(13-38-22)27(34,35)36)15-43(23-39-41-42(2)40-23)14-17-8-19(25(28,29)30)11-20(9-17)26(31,32)33/h8-11,13,16H,3-7,12,14-15,37H2,1-2H3. The van der Waals surface area contributed by atoms with E-state index in [0.717, 1.165) is 36.3 Å². The highest BCUT2D eigenvalue weighted by atomic mass is 19.4. The first-order valence-corrected chi connectivity index (χ1v) is 13.5. The summed E-state index contributed by atoms with van der Waals surface area (Å²) < 4.78 is 123. The first kappa shape index (κ1) is 32.5. The molecular weight excluding hydrogens is 593 g/mol. The van der Waals surface area contributed by atoms with Gasteiger partial charge in [-0.05, 0) is 66.8 Å². The van der Waals surface area contributed by atoms with Gasteiger partial charge in [0.1, 0.15) is 0 Å². The smallest absolute Gasteiger partial charge is 0.329 e. The van der Waals surface area contributed by atoms with Gasteiger partial charge in [0.15, 0.2) is 0 Å². The van der Waals surface area contributed by atoms with Gasteiger partial charge < -0.3 is 10.6 Å². The monoisotopic (exact) mass is 623 g/mol. The Morgan fingerprint density at radius 1 is 0.860 bits per heavy atom. The molecule has 2 aromatic heterocycles. The number of nitrogens with two attached hydrogens (primary N) is 1. The molecule has 2 heterocycles. The number of benzene rings is 1. The second-order valence-corrected chi connectivity index (χ2v) is 11.1. The summed E-state index contributed by atoms with van der Waals surface area (Å²) in [6.45, 7) is 0.771. The lowest BCUT2D eigenvalue weighted by Crippen LogP contribution is -2.38. The zero-order valence-electron chi connectivity index (χ0n) is 23.3. The van der Waals surface area contributed by atoms with Crippen LogP contribution in [-0.2, 0) is 44.1 Å². The molecule has 0 spiro atoms. The first-order chi connectivity index (χ1) is 19.9. The minimum absolute atomic E-state index is 0.00403. The number of alkyl halides is 9. The van der Waals surface area contributed by atoms with E-state index in [1.54, 1.807) is 6.92 Å². The van der Waals surface area contributed by atoms with Crippen molar-refractivity contribution in [1.29, 1.82) is 0 Å². The molecule has 0 radical (unpaired) electrons. The third-order valence-electron chi connectivity index (χ3n) is 7.48. The van der Waals surface area contributed by atoms with Crippen LogP contribution in [0, 0.1) is 0 Å². The van der Waals surface area contributed by atoms with Crippen LogP contribution in [0.1, 0.15) is 79.0 Å². The minimum Gasteiger partial charge on any atom is -0.329 e. The molecule has 1 fully saturated rings. The molecule has 2 N–H and O–H groups in total. The zero-order chi connectivity index (χ0) is 31.8. The number of hydrogen-bond acceptors (Lipinski definition) is 6. The second kappa shape index (κ2) is 11.9. The summed E-state index contributed by atoms with van der Waals surface area (Å²) in [5.74, 6) is -0.207. The van der Waals surface area contributed by atoms with Gasteiger partial charge in [-0.2, -0.15) is 44.3 Å². The van der Waals surface area contributed by atoms with Crippen molar-refractivity contribution >= 4 is 5.95 Å². The summed E-state index contributed by atoms with van der Waals surface area (Å²) in [5.41, 5.74) is 1.42. The van der Waals surface area contributed by atoms with Crippen molar-refractivity contribution in [2.45, 2.75) is 88.5 Å². The van der Waals surface area contributed by atoms with E-state index in [1.165, 1.54) is 11.9 Å². The van der Waals surface area contributed by atoms with E-state index in [4.69, 9.17) is 5.73 Å². The fourth-order valence-corrected chi connectivity index (χ4v) is 5.78. The van der Waals surface area contributed by atoms with Crippen LogP contribution in [0.5, 0.6) is 0 Å². The number of anilines is 1. The van der Waals surface area contributed by atoms with Crippen LogP contribution < -0.4 is 10.6 Å². The Morgan fingerprint density at radius 2 is 1.44 bits per heavy atom. The first-order valence-electron chi connectivity index (χ1n) is 13.5. The molecule has 1 unspecified atom stereocenters. The molecule has 16 heteroatoms. The molecule has 4 rings (SSSR count). The molecule has 0 aliphatic heterocycles. The maximum Gasteiger partial charge on any atom is 0.417 e. The number of rotatable bonds is 8. The van der Waals surface area contributed by atoms with Crippen molar-refractivity contribution in [3.63, 3.8) is 0 Å². The van der Waals surface area contributed by atoms with E-state index in [9.17, 15) is 39.5 Å². The highest BCUT2D eigenvalue weighted by molar-refractivity contribution is 5.41. The van der Waals surface area contributed by atoms with Gasteiger partial charge in [0.05, 0.1) is 29.4 Å². The average molecular weight is 624 g/mol. The molecule has 3 aromatic rings. The van der Waals surface area contributed by atoms with Gasteiger partial charge in [0.25, 0.3) is 5.95 Å². The molecule has 0 saturated heterocycles. The van der Waals surface area contributed by atoms with Gasteiger partial charge in [-0.3, -0.25) is 4.98 Å². The Balaban J connectivity index is 1.86. The number of tetrazole rings is 1. The van der Waals surface area contributed by atoms with Gasteiger partial charge in [-0.25, -0.2) is 0 Å². The Kier molecular flexibility index (Phi) is 9.01. The van der Waals surface area contributed by atoms with E-state index >= 15 is 0 Å². The lowest BCUT2D eigenvalue weighted by Gasteiger charge is -2.40. The van der Waals surface area contributed by atoms with E-state index in [2.05, 4.69) is 20.4 Å². The number of halogens is 9. The summed E-state index contributed by atoms with van der Waals surface area (Å²) in [6.07, 6.45) is -10.1. The van der Waals surface area contributed by atoms with Crippen LogP contribution in [0.4, 0.5) is 45.5 Å². The summed E-state index contributed by atoms with van der Waals surface area (Å²) in [6, 6.07) is 1.71. The van der Waals surface area contributed by atoms with Crippen LogP contribution in [0.15, 0.2) is 30.5 Å². The molecule has 1 aliphatic carbocycles. The van der Waals surface area contributed by atoms with Crippen molar-refractivity contribution in [1.82, 2.24) is 25.2 Å². The maximum atomic E-state index is 13.8. The van der Waals surface area contributed by atoms with Crippen LogP contribution in [-0.4, -0.2) is 31.2 Å². The van der Waals surface area contributed by atoms with Gasteiger partial charge >= 0.3 is 18.5 Å². The lowest BCUT2D eigenvalue weighted by molar-refractivity contribution is -0.143. The number of nitrogens with zero attached hydrogens (tertiary/aromatic N) is 6. The van der Waals surface area contributed by atoms with Gasteiger partial charge in [-0.15, -0.1) is 5.10 Å². The highest BCUT2D eigenvalue weighted by Crippen LogP contribution is 2.45. The summed E-state index contributed by atoms with van der Waals surface area (Å²) in [4.78, 5) is 6.48. The number of hydrogen-bond donors (Lipinski definition) is 1. The van der Waals surface area contributed by atoms with Crippen molar-refractivity contribution in [2.75, 3.05) is 4.90 Å². The lowest BCUT2D eigenvalue weighted by atomic mass is 9.67. The Hall–Kier alpha value is -3.43. The molecule has 1 aromatic carbocycles. The summed E-state index contributed by atoms with van der Waals surface area (Å²) in [7, 11) is 1.39. The second-order valence-electron chi connectivity index (χ2n) is 11.1. The fraction of sp³-hybridized carbons (Fsp3) is 0.556. The average Bonchev–Trinajstić information content (AvgIpc) is 3.33. The highest BCUT2D eigenvalue weighted by Gasteiger charge is 2.41.